The lowest BCUT2D eigenvalue weighted by molar-refractivity contribution is -0.129. The molecule has 1 amide bonds. The van der Waals surface area contributed by atoms with Crippen molar-refractivity contribution in [2.75, 3.05) is 6.54 Å². The summed E-state index contributed by atoms with van der Waals surface area (Å²) in [6, 6.07) is 0. The van der Waals surface area contributed by atoms with Crippen LogP contribution < -0.4 is 11.1 Å². The van der Waals surface area contributed by atoms with Crippen molar-refractivity contribution < 1.29 is 4.79 Å². The molecule has 1 fully saturated rings. The normalized spacial score (nSPS) is 17.6. The van der Waals surface area contributed by atoms with Crippen molar-refractivity contribution in [1.29, 1.82) is 0 Å². The van der Waals surface area contributed by atoms with E-state index in [2.05, 4.69) is 19.2 Å². The highest BCUT2D eigenvalue weighted by Crippen LogP contribution is 2.27. The van der Waals surface area contributed by atoms with Gasteiger partial charge in [-0.3, -0.25) is 4.79 Å². The number of nitrogens with one attached hydrogen (secondary N) is 1. The van der Waals surface area contributed by atoms with E-state index in [1.54, 1.807) is 0 Å². The number of hydrogen-bond acceptors (Lipinski definition) is 2. The molecule has 0 aromatic heterocycles. The summed E-state index contributed by atoms with van der Waals surface area (Å²) in [5.74, 6) is 0.476. The van der Waals surface area contributed by atoms with Crippen LogP contribution in [0.25, 0.3) is 0 Å². The molecule has 3 heteroatoms. The Balaban J connectivity index is 2.49. The Morgan fingerprint density at radius 2 is 2.00 bits per heavy atom. The molecule has 3 N–H and O–H groups in total. The Labute approximate surface area is 86.4 Å². The van der Waals surface area contributed by atoms with E-state index in [4.69, 9.17) is 5.73 Å². The summed E-state index contributed by atoms with van der Waals surface area (Å²) in [7, 11) is 0. The Kier molecular flexibility index (Phi) is 3.93. The van der Waals surface area contributed by atoms with Crippen molar-refractivity contribution in [2.24, 2.45) is 11.7 Å². The van der Waals surface area contributed by atoms with E-state index in [0.29, 0.717) is 6.54 Å². The number of hydrogen-bond donors (Lipinski definition) is 2. The molecule has 0 radical (unpaired) electrons. The maximum Gasteiger partial charge on any atom is 0.223 e. The fourth-order valence-corrected chi connectivity index (χ4v) is 1.80. The van der Waals surface area contributed by atoms with Crippen molar-refractivity contribution in [2.45, 2.75) is 51.5 Å². The molecule has 14 heavy (non-hydrogen) atoms. The van der Waals surface area contributed by atoms with Crippen LogP contribution in [0.3, 0.4) is 0 Å². The van der Waals surface area contributed by atoms with Gasteiger partial charge in [0.25, 0.3) is 0 Å². The first-order valence-electron chi connectivity index (χ1n) is 5.69. The Morgan fingerprint density at radius 3 is 2.29 bits per heavy atom. The average molecular weight is 198 g/mol. The Morgan fingerprint density at radius 1 is 1.43 bits per heavy atom. The lowest BCUT2D eigenvalue weighted by atomic mass is 9.83. The summed E-state index contributed by atoms with van der Waals surface area (Å²) >= 11 is 0. The van der Waals surface area contributed by atoms with Gasteiger partial charge in [-0.15, -0.1) is 0 Å². The first-order chi connectivity index (χ1) is 6.67. The van der Waals surface area contributed by atoms with Crippen LogP contribution in [0, 0.1) is 5.92 Å². The molecule has 1 rings (SSSR count). The molecular formula is C11H22N2O. The first kappa shape index (κ1) is 11.5. The monoisotopic (exact) mass is 198 g/mol. The fraction of sp³-hybridized carbons (Fsp3) is 0.909. The number of carbonyl (C=O) groups is 1. The van der Waals surface area contributed by atoms with Gasteiger partial charge in [0.1, 0.15) is 0 Å². The molecule has 0 aromatic carbocycles. The molecule has 1 saturated carbocycles. The average Bonchev–Trinajstić information content (AvgIpc) is 2.11. The first-order valence-corrected chi connectivity index (χ1v) is 5.69. The van der Waals surface area contributed by atoms with E-state index < -0.39 is 0 Å². The maximum absolute atomic E-state index is 11.8. The third kappa shape index (κ3) is 2.27. The van der Waals surface area contributed by atoms with Gasteiger partial charge in [0.15, 0.2) is 0 Å². The van der Waals surface area contributed by atoms with Crippen molar-refractivity contribution >= 4 is 5.91 Å². The Hall–Kier alpha value is -0.570. The van der Waals surface area contributed by atoms with Gasteiger partial charge in [-0.25, -0.2) is 0 Å². The van der Waals surface area contributed by atoms with Gasteiger partial charge in [-0.1, -0.05) is 20.3 Å². The van der Waals surface area contributed by atoms with Gasteiger partial charge in [-0.05, 0) is 25.7 Å². The van der Waals surface area contributed by atoms with Crippen LogP contribution in [0.2, 0.25) is 0 Å². The summed E-state index contributed by atoms with van der Waals surface area (Å²) < 4.78 is 0. The largest absolute Gasteiger partial charge is 0.349 e. The van der Waals surface area contributed by atoms with Gasteiger partial charge in [-0.2, -0.15) is 0 Å². The highest BCUT2D eigenvalue weighted by atomic mass is 16.2. The van der Waals surface area contributed by atoms with Gasteiger partial charge in [0.05, 0.1) is 5.54 Å². The summed E-state index contributed by atoms with van der Waals surface area (Å²) in [5.41, 5.74) is 5.56. The SMILES string of the molecule is CCC(CC)(CN)NC(=O)C1CCC1. The second-order valence-corrected chi connectivity index (χ2v) is 4.31. The third-order valence-electron chi connectivity index (χ3n) is 3.61. The van der Waals surface area contributed by atoms with E-state index in [9.17, 15) is 4.79 Å². The predicted octanol–water partition coefficient (Wildman–Crippen LogP) is 1.42. The van der Waals surface area contributed by atoms with E-state index in [-0.39, 0.29) is 17.4 Å². The summed E-state index contributed by atoms with van der Waals surface area (Å²) in [4.78, 5) is 11.8. The van der Waals surface area contributed by atoms with E-state index in [0.717, 1.165) is 25.7 Å². The van der Waals surface area contributed by atoms with Gasteiger partial charge < -0.3 is 11.1 Å². The van der Waals surface area contributed by atoms with E-state index >= 15 is 0 Å². The zero-order chi connectivity index (χ0) is 10.6. The van der Waals surface area contributed by atoms with Crippen molar-refractivity contribution in [3.8, 4) is 0 Å². The molecule has 0 saturated heterocycles. The summed E-state index contributed by atoms with van der Waals surface area (Å²) in [5, 5.41) is 3.12. The summed E-state index contributed by atoms with van der Waals surface area (Å²) in [6.45, 7) is 4.70. The third-order valence-corrected chi connectivity index (χ3v) is 3.61. The summed E-state index contributed by atoms with van der Waals surface area (Å²) in [6.07, 6.45) is 5.14. The second-order valence-electron chi connectivity index (χ2n) is 4.31. The van der Waals surface area contributed by atoms with Gasteiger partial charge in [0, 0.05) is 12.5 Å². The number of amides is 1. The molecule has 82 valence electrons. The molecule has 1 aliphatic carbocycles. The molecule has 3 nitrogen and oxygen atoms in total. The van der Waals surface area contributed by atoms with Crippen LogP contribution in [0.15, 0.2) is 0 Å². The molecule has 0 unspecified atom stereocenters. The van der Waals surface area contributed by atoms with Crippen molar-refractivity contribution in [1.82, 2.24) is 5.32 Å². The molecule has 0 bridgehead atoms. The molecule has 0 aliphatic heterocycles. The topological polar surface area (TPSA) is 55.1 Å². The van der Waals surface area contributed by atoms with E-state index in [1.807, 2.05) is 0 Å². The van der Waals surface area contributed by atoms with Crippen molar-refractivity contribution in [3.63, 3.8) is 0 Å². The van der Waals surface area contributed by atoms with Crippen LogP contribution >= 0.6 is 0 Å². The number of carbonyl (C=O) groups excluding carboxylic acids is 1. The van der Waals surface area contributed by atoms with Gasteiger partial charge >= 0.3 is 0 Å². The smallest absolute Gasteiger partial charge is 0.223 e. The highest BCUT2D eigenvalue weighted by molar-refractivity contribution is 5.80. The molecular weight excluding hydrogens is 176 g/mol. The molecule has 0 aromatic rings. The standard InChI is InChI=1S/C11H22N2O/c1-3-11(4-2,8-12)13-10(14)9-6-5-7-9/h9H,3-8,12H2,1-2H3,(H,13,14). The minimum Gasteiger partial charge on any atom is -0.349 e. The molecule has 0 atom stereocenters. The van der Waals surface area contributed by atoms with Crippen LogP contribution in [-0.4, -0.2) is 18.0 Å². The zero-order valence-corrected chi connectivity index (χ0v) is 9.31. The van der Waals surface area contributed by atoms with E-state index in [1.165, 1.54) is 6.42 Å². The second kappa shape index (κ2) is 4.78. The predicted molar refractivity (Wildman–Crippen MR) is 57.9 cm³/mol. The number of rotatable bonds is 5. The molecule has 0 heterocycles. The molecule has 1 aliphatic rings. The van der Waals surface area contributed by atoms with Crippen LogP contribution in [-0.2, 0) is 4.79 Å². The highest BCUT2D eigenvalue weighted by Gasteiger charge is 2.32. The fourth-order valence-electron chi connectivity index (χ4n) is 1.80. The van der Waals surface area contributed by atoms with Gasteiger partial charge in [0.2, 0.25) is 5.91 Å². The van der Waals surface area contributed by atoms with Crippen LogP contribution in [0.4, 0.5) is 0 Å². The zero-order valence-electron chi connectivity index (χ0n) is 9.31. The number of nitrogens with two attached hydrogens (primary N) is 1. The lowest BCUT2D eigenvalue weighted by Gasteiger charge is -2.35. The van der Waals surface area contributed by atoms with Crippen molar-refractivity contribution in [3.05, 3.63) is 0 Å². The maximum atomic E-state index is 11.8. The molecule has 0 spiro atoms. The Bertz CT molecular complexity index is 187. The van der Waals surface area contributed by atoms with Crippen LogP contribution in [0.5, 0.6) is 0 Å². The minimum atomic E-state index is -0.160. The quantitative estimate of drug-likeness (QED) is 0.702. The van der Waals surface area contributed by atoms with Crippen LogP contribution in [0.1, 0.15) is 46.0 Å². The minimum absolute atomic E-state index is 0.160. The lowest BCUT2D eigenvalue weighted by Crippen LogP contribution is -2.55.